The summed E-state index contributed by atoms with van der Waals surface area (Å²) in [5, 5.41) is 3.29. The molecular weight excluding hydrogens is 659 g/mol. The Morgan fingerprint density at radius 3 is 2.55 bits per heavy atom. The number of fused-ring (bicyclic) bond motifs is 1. The first-order chi connectivity index (χ1) is 21.3. The average molecular weight is 682 g/mol. The molecule has 2 aromatic heterocycles. The monoisotopic (exact) mass is 680 g/mol. The van der Waals surface area contributed by atoms with Gasteiger partial charge in [0.1, 0.15) is 18.4 Å². The molecule has 0 bridgehead atoms. The van der Waals surface area contributed by atoms with Gasteiger partial charge in [-0.15, -0.1) is 11.3 Å². The molecular formula is C33H23Cl3N2O4S2. The molecule has 0 radical (unpaired) electrons. The fraction of sp³-hybridized carbons (Fsp3) is 0.121. The van der Waals surface area contributed by atoms with E-state index in [0.717, 1.165) is 16.0 Å². The lowest BCUT2D eigenvalue weighted by atomic mass is 9.97. The van der Waals surface area contributed by atoms with Gasteiger partial charge in [-0.25, -0.2) is 9.79 Å². The smallest absolute Gasteiger partial charge is 0.338 e. The summed E-state index contributed by atoms with van der Waals surface area (Å²) < 4.78 is 13.6. The van der Waals surface area contributed by atoms with E-state index >= 15 is 0 Å². The van der Waals surface area contributed by atoms with Crippen molar-refractivity contribution in [2.45, 2.75) is 19.6 Å². The molecule has 3 aromatic carbocycles. The number of halogens is 3. The predicted molar refractivity (Wildman–Crippen MR) is 178 cm³/mol. The molecule has 0 amide bonds. The van der Waals surface area contributed by atoms with Crippen molar-refractivity contribution in [3.8, 4) is 5.75 Å². The van der Waals surface area contributed by atoms with Gasteiger partial charge in [0.25, 0.3) is 5.56 Å². The van der Waals surface area contributed by atoms with E-state index in [2.05, 4.69) is 0 Å². The van der Waals surface area contributed by atoms with Crippen molar-refractivity contribution in [3.63, 3.8) is 0 Å². The number of nitrogens with zero attached hydrogens (tertiary/aromatic N) is 2. The lowest BCUT2D eigenvalue weighted by Gasteiger charge is -2.24. The molecule has 1 aliphatic heterocycles. The second kappa shape index (κ2) is 13.1. The number of esters is 1. The average Bonchev–Trinajstić information content (AvgIpc) is 3.66. The van der Waals surface area contributed by atoms with Crippen LogP contribution < -0.4 is 19.6 Å². The van der Waals surface area contributed by atoms with Crippen LogP contribution in [0.2, 0.25) is 15.1 Å². The molecule has 0 aliphatic carbocycles. The Morgan fingerprint density at radius 1 is 1.00 bits per heavy atom. The highest BCUT2D eigenvalue weighted by molar-refractivity contribution is 7.10. The number of hydrogen-bond donors (Lipinski definition) is 0. The first-order valence-electron chi connectivity index (χ1n) is 13.5. The van der Waals surface area contributed by atoms with Crippen LogP contribution in [0.1, 0.15) is 34.5 Å². The van der Waals surface area contributed by atoms with Crippen molar-refractivity contribution in [1.29, 1.82) is 0 Å². The molecule has 3 heterocycles. The van der Waals surface area contributed by atoms with Crippen LogP contribution in [-0.2, 0) is 16.1 Å². The number of carbonyl (C=O) groups is 1. The van der Waals surface area contributed by atoms with E-state index in [0.29, 0.717) is 47.0 Å². The zero-order chi connectivity index (χ0) is 30.8. The van der Waals surface area contributed by atoms with E-state index in [4.69, 9.17) is 49.3 Å². The number of rotatable bonds is 8. The Hall–Kier alpha value is -3.66. The summed E-state index contributed by atoms with van der Waals surface area (Å²) >= 11 is 21.3. The maximum atomic E-state index is 14.1. The van der Waals surface area contributed by atoms with Crippen LogP contribution in [0.5, 0.6) is 5.75 Å². The quantitative estimate of drug-likeness (QED) is 0.159. The highest BCUT2D eigenvalue weighted by Gasteiger charge is 2.35. The van der Waals surface area contributed by atoms with Gasteiger partial charge in [-0.2, -0.15) is 0 Å². The highest BCUT2D eigenvalue weighted by atomic mass is 35.5. The molecule has 44 heavy (non-hydrogen) atoms. The maximum absolute atomic E-state index is 14.1. The van der Waals surface area contributed by atoms with E-state index in [1.54, 1.807) is 47.9 Å². The summed E-state index contributed by atoms with van der Waals surface area (Å²) in [6, 6.07) is 23.0. The fourth-order valence-electron chi connectivity index (χ4n) is 4.85. The van der Waals surface area contributed by atoms with Gasteiger partial charge in [0.15, 0.2) is 4.80 Å². The Balaban J connectivity index is 1.50. The number of ether oxygens (including phenoxy) is 2. The van der Waals surface area contributed by atoms with Crippen LogP contribution in [0, 0.1) is 0 Å². The third-order valence-corrected chi connectivity index (χ3v) is 9.70. The van der Waals surface area contributed by atoms with E-state index in [1.165, 1.54) is 22.7 Å². The Labute approximate surface area is 275 Å². The molecule has 0 N–H and O–H groups in total. The van der Waals surface area contributed by atoms with Gasteiger partial charge in [-0.1, -0.05) is 88.6 Å². The molecule has 0 saturated carbocycles. The van der Waals surface area contributed by atoms with Crippen molar-refractivity contribution >= 4 is 75.2 Å². The van der Waals surface area contributed by atoms with Crippen molar-refractivity contribution in [3.05, 3.63) is 146 Å². The minimum atomic E-state index is -0.715. The number of thiophene rings is 1. The molecule has 0 saturated heterocycles. The second-order valence-electron chi connectivity index (χ2n) is 9.67. The van der Waals surface area contributed by atoms with Gasteiger partial charge in [0.2, 0.25) is 0 Å². The van der Waals surface area contributed by atoms with Gasteiger partial charge in [-0.05, 0) is 60.3 Å². The SMILES string of the molecule is CCOC(=O)C1=C(c2ccccc2)N=c2s/c(=C\c3cc(Cl)ccc3OCc3ccc(Cl)c(Cl)c3)c(=O)n2[C@H]1c1cccs1. The van der Waals surface area contributed by atoms with Crippen LogP contribution in [0.3, 0.4) is 0 Å². The minimum absolute atomic E-state index is 0.186. The zero-order valence-corrected chi connectivity index (χ0v) is 27.0. The molecule has 6 nitrogen and oxygen atoms in total. The van der Waals surface area contributed by atoms with E-state index in [1.807, 2.05) is 53.9 Å². The molecule has 5 aromatic rings. The van der Waals surface area contributed by atoms with Crippen LogP contribution >= 0.6 is 57.5 Å². The van der Waals surface area contributed by atoms with E-state index in [-0.39, 0.29) is 18.8 Å². The predicted octanol–water partition coefficient (Wildman–Crippen LogP) is 7.54. The number of carbonyl (C=O) groups excluding carboxylic acids is 1. The van der Waals surface area contributed by atoms with Crippen LogP contribution in [0.25, 0.3) is 11.8 Å². The highest BCUT2D eigenvalue weighted by Crippen LogP contribution is 2.37. The van der Waals surface area contributed by atoms with Crippen molar-refractivity contribution in [2.24, 2.45) is 4.99 Å². The molecule has 1 aliphatic rings. The molecule has 6 rings (SSSR count). The van der Waals surface area contributed by atoms with Crippen LogP contribution in [-0.4, -0.2) is 17.1 Å². The summed E-state index contributed by atoms with van der Waals surface area (Å²) in [5.41, 5.74) is 2.69. The first kappa shape index (κ1) is 30.4. The van der Waals surface area contributed by atoms with Crippen molar-refractivity contribution < 1.29 is 14.3 Å². The Morgan fingerprint density at radius 2 is 1.82 bits per heavy atom. The van der Waals surface area contributed by atoms with Crippen LogP contribution in [0.15, 0.2) is 99.6 Å². The second-order valence-corrected chi connectivity index (χ2v) is 12.9. The van der Waals surface area contributed by atoms with Gasteiger partial charge in [0.05, 0.1) is 32.5 Å². The molecule has 0 spiro atoms. The van der Waals surface area contributed by atoms with Gasteiger partial charge in [0, 0.05) is 21.0 Å². The lowest BCUT2D eigenvalue weighted by molar-refractivity contribution is -0.138. The van der Waals surface area contributed by atoms with Gasteiger partial charge in [-0.3, -0.25) is 9.36 Å². The van der Waals surface area contributed by atoms with Crippen molar-refractivity contribution in [1.82, 2.24) is 4.57 Å². The molecule has 222 valence electrons. The van der Waals surface area contributed by atoms with Gasteiger partial charge < -0.3 is 9.47 Å². The molecule has 11 heteroatoms. The third kappa shape index (κ3) is 6.14. The molecule has 0 unspecified atom stereocenters. The summed E-state index contributed by atoms with van der Waals surface area (Å²) in [4.78, 5) is 33.8. The number of benzene rings is 3. The normalized spacial score (nSPS) is 14.7. The summed E-state index contributed by atoms with van der Waals surface area (Å²) in [6.07, 6.45) is 1.74. The van der Waals surface area contributed by atoms with E-state index in [9.17, 15) is 9.59 Å². The topological polar surface area (TPSA) is 69.9 Å². The lowest BCUT2D eigenvalue weighted by Crippen LogP contribution is -2.39. The summed E-state index contributed by atoms with van der Waals surface area (Å²) in [6.45, 7) is 2.16. The first-order valence-corrected chi connectivity index (χ1v) is 16.3. The number of thiazole rings is 1. The molecule has 0 fully saturated rings. The fourth-order valence-corrected chi connectivity index (χ4v) is 7.17. The van der Waals surface area contributed by atoms with E-state index < -0.39 is 12.0 Å². The molecule has 1 atom stereocenters. The van der Waals surface area contributed by atoms with Crippen LogP contribution in [0.4, 0.5) is 0 Å². The largest absolute Gasteiger partial charge is 0.488 e. The zero-order valence-electron chi connectivity index (χ0n) is 23.1. The summed E-state index contributed by atoms with van der Waals surface area (Å²) in [7, 11) is 0. The van der Waals surface area contributed by atoms with Gasteiger partial charge >= 0.3 is 5.97 Å². The number of aromatic nitrogens is 1. The Bertz CT molecular complexity index is 2070. The Kier molecular flexibility index (Phi) is 9.07. The van der Waals surface area contributed by atoms with Crippen molar-refractivity contribution in [2.75, 3.05) is 6.61 Å². The third-order valence-electron chi connectivity index (χ3n) is 6.82. The standard InChI is InChI=1S/C33H23Cl3N2O4S2/c1-2-41-32(40)28-29(20-7-4-3-5-8-20)37-33-38(30(28)26-9-6-14-43-26)31(39)27(44-33)17-21-16-22(34)11-13-25(21)42-18-19-10-12-23(35)24(36)15-19/h3-17,30H,2,18H2,1H3/b27-17-/t30-/m0/s1. The summed E-state index contributed by atoms with van der Waals surface area (Å²) in [5.74, 6) is 0.00825. The maximum Gasteiger partial charge on any atom is 0.338 e. The minimum Gasteiger partial charge on any atom is -0.488 e. The number of hydrogen-bond acceptors (Lipinski definition) is 7.